The van der Waals surface area contributed by atoms with Crippen LogP contribution in [0.5, 0.6) is 5.75 Å². The maximum absolute atomic E-state index is 14.0. The molecule has 2 aromatic rings. The van der Waals surface area contributed by atoms with Gasteiger partial charge in [0.25, 0.3) is 5.91 Å². The van der Waals surface area contributed by atoms with E-state index in [2.05, 4.69) is 0 Å². The molecule has 0 N–H and O–H groups in total. The molecular weight excluding hydrogens is 413 g/mol. The topological polar surface area (TPSA) is 29.5 Å². The summed E-state index contributed by atoms with van der Waals surface area (Å²) in [7, 11) is 0. The number of nitrogens with zero attached hydrogens (tertiary/aromatic N) is 1. The zero-order valence-corrected chi connectivity index (χ0v) is 16.0. The van der Waals surface area contributed by atoms with Gasteiger partial charge >= 0.3 is 6.18 Å². The normalized spacial score (nSPS) is 17.7. The summed E-state index contributed by atoms with van der Waals surface area (Å²) in [6, 6.07) is 7.64. The SMILES string of the molecule is O=C(COc1cccc(C(F)(F)F)c1)N1CCS[C@H](c2cc(F)ccc2F)CC1. The maximum Gasteiger partial charge on any atom is 0.416 e. The average Bonchev–Trinajstić information content (AvgIpc) is 2.94. The lowest BCUT2D eigenvalue weighted by Crippen LogP contribution is -2.36. The van der Waals surface area contributed by atoms with Crippen molar-refractivity contribution in [2.24, 2.45) is 0 Å². The molecule has 0 aromatic heterocycles. The third-order valence-electron chi connectivity index (χ3n) is 4.52. The van der Waals surface area contributed by atoms with Gasteiger partial charge in [0.05, 0.1) is 5.56 Å². The zero-order valence-electron chi connectivity index (χ0n) is 15.2. The van der Waals surface area contributed by atoms with Crippen LogP contribution in [0, 0.1) is 11.6 Å². The predicted octanol–water partition coefficient (Wildman–Crippen LogP) is 5.07. The monoisotopic (exact) mass is 431 g/mol. The van der Waals surface area contributed by atoms with Crippen LogP contribution in [0.25, 0.3) is 0 Å². The summed E-state index contributed by atoms with van der Waals surface area (Å²) in [5, 5.41) is -0.284. The first kappa shape index (κ1) is 21.4. The molecule has 3 rings (SSSR count). The Morgan fingerprint density at radius 3 is 2.69 bits per heavy atom. The zero-order chi connectivity index (χ0) is 21.0. The Balaban J connectivity index is 1.58. The number of amides is 1. The molecule has 1 atom stereocenters. The van der Waals surface area contributed by atoms with Crippen molar-refractivity contribution in [1.82, 2.24) is 4.90 Å². The molecule has 0 radical (unpaired) electrons. The van der Waals surface area contributed by atoms with Crippen molar-refractivity contribution in [1.29, 1.82) is 0 Å². The van der Waals surface area contributed by atoms with Crippen LogP contribution in [0.15, 0.2) is 42.5 Å². The highest BCUT2D eigenvalue weighted by Gasteiger charge is 2.31. The number of rotatable bonds is 4. The highest BCUT2D eigenvalue weighted by molar-refractivity contribution is 7.99. The number of halogens is 5. The van der Waals surface area contributed by atoms with Gasteiger partial charge in [-0.1, -0.05) is 6.07 Å². The van der Waals surface area contributed by atoms with Gasteiger partial charge < -0.3 is 9.64 Å². The summed E-state index contributed by atoms with van der Waals surface area (Å²) in [5.41, 5.74) is -0.585. The second-order valence-electron chi connectivity index (χ2n) is 6.51. The van der Waals surface area contributed by atoms with E-state index < -0.39 is 30.0 Å². The lowest BCUT2D eigenvalue weighted by Gasteiger charge is -2.20. The number of hydrogen-bond acceptors (Lipinski definition) is 3. The van der Waals surface area contributed by atoms with E-state index in [1.165, 1.54) is 34.9 Å². The maximum atomic E-state index is 14.0. The number of carbonyl (C=O) groups is 1. The average molecular weight is 431 g/mol. The summed E-state index contributed by atoms with van der Waals surface area (Å²) < 4.78 is 70.9. The Hall–Kier alpha value is -2.29. The van der Waals surface area contributed by atoms with Gasteiger partial charge in [0, 0.05) is 29.7 Å². The number of hydrogen-bond donors (Lipinski definition) is 0. The second-order valence-corrected chi connectivity index (χ2v) is 7.82. The minimum Gasteiger partial charge on any atom is -0.484 e. The molecule has 156 valence electrons. The van der Waals surface area contributed by atoms with E-state index in [0.29, 0.717) is 25.3 Å². The smallest absolute Gasteiger partial charge is 0.416 e. The quantitative estimate of drug-likeness (QED) is 0.633. The summed E-state index contributed by atoms with van der Waals surface area (Å²) in [6.07, 6.45) is -4.06. The van der Waals surface area contributed by atoms with Crippen LogP contribution in [-0.2, 0) is 11.0 Å². The number of carbonyl (C=O) groups excluding carboxylic acids is 1. The summed E-state index contributed by atoms with van der Waals surface area (Å²) in [4.78, 5) is 13.9. The number of alkyl halides is 3. The summed E-state index contributed by atoms with van der Waals surface area (Å²) in [6.45, 7) is 0.312. The Bertz CT molecular complexity index is 874. The number of benzene rings is 2. The first-order valence-electron chi connectivity index (χ1n) is 8.88. The van der Waals surface area contributed by atoms with Crippen molar-refractivity contribution in [2.75, 3.05) is 25.4 Å². The van der Waals surface area contributed by atoms with Gasteiger partial charge in [-0.05, 0) is 42.8 Å². The molecule has 1 aliphatic heterocycles. The Morgan fingerprint density at radius 2 is 1.93 bits per heavy atom. The number of ether oxygens (including phenoxy) is 1. The Morgan fingerprint density at radius 1 is 1.14 bits per heavy atom. The molecule has 9 heteroatoms. The molecule has 0 bridgehead atoms. The molecule has 3 nitrogen and oxygen atoms in total. The third-order valence-corrected chi connectivity index (χ3v) is 5.83. The molecule has 1 heterocycles. The van der Waals surface area contributed by atoms with Crippen LogP contribution >= 0.6 is 11.8 Å². The van der Waals surface area contributed by atoms with Crippen LogP contribution in [0.2, 0.25) is 0 Å². The van der Waals surface area contributed by atoms with Crippen LogP contribution in [0.1, 0.15) is 22.8 Å². The van der Waals surface area contributed by atoms with Crippen LogP contribution < -0.4 is 4.74 Å². The van der Waals surface area contributed by atoms with Gasteiger partial charge in [0.2, 0.25) is 0 Å². The largest absolute Gasteiger partial charge is 0.484 e. The molecule has 0 saturated carbocycles. The highest BCUT2D eigenvalue weighted by atomic mass is 32.2. The molecule has 0 unspecified atom stereocenters. The Kier molecular flexibility index (Phi) is 6.66. The van der Waals surface area contributed by atoms with E-state index in [-0.39, 0.29) is 22.5 Å². The first-order valence-corrected chi connectivity index (χ1v) is 9.93. The molecule has 1 fully saturated rings. The standard InChI is InChI=1S/C20H18F5NO2S/c21-14-4-5-17(22)16(11-14)18-6-7-26(8-9-29-18)19(27)12-28-15-3-1-2-13(10-15)20(23,24)25/h1-5,10-11,18H,6-9,12H2/t18-/m0/s1. The lowest BCUT2D eigenvalue weighted by molar-refractivity contribution is -0.137. The van der Waals surface area contributed by atoms with Gasteiger partial charge in [0.15, 0.2) is 6.61 Å². The van der Waals surface area contributed by atoms with Crippen molar-refractivity contribution in [2.45, 2.75) is 17.8 Å². The van der Waals surface area contributed by atoms with Gasteiger partial charge in [-0.2, -0.15) is 24.9 Å². The van der Waals surface area contributed by atoms with E-state index in [4.69, 9.17) is 4.74 Å². The molecule has 1 aliphatic rings. The molecule has 2 aromatic carbocycles. The molecule has 1 amide bonds. The van der Waals surface area contributed by atoms with Crippen LogP contribution in [0.4, 0.5) is 22.0 Å². The van der Waals surface area contributed by atoms with E-state index in [0.717, 1.165) is 24.3 Å². The molecule has 29 heavy (non-hydrogen) atoms. The lowest BCUT2D eigenvalue weighted by atomic mass is 10.1. The van der Waals surface area contributed by atoms with Crippen molar-refractivity contribution in [3.05, 3.63) is 65.2 Å². The minimum atomic E-state index is -4.49. The second kappa shape index (κ2) is 9.02. The molecule has 1 saturated heterocycles. The molecular formula is C20H18F5NO2S. The van der Waals surface area contributed by atoms with E-state index in [1.54, 1.807) is 0 Å². The Labute approximate surface area is 168 Å². The van der Waals surface area contributed by atoms with Gasteiger partial charge in [-0.3, -0.25) is 4.79 Å². The molecule has 0 spiro atoms. The fraction of sp³-hybridized carbons (Fsp3) is 0.350. The van der Waals surface area contributed by atoms with Crippen LogP contribution in [0.3, 0.4) is 0 Å². The predicted molar refractivity (Wildman–Crippen MR) is 99.7 cm³/mol. The minimum absolute atomic E-state index is 0.0444. The third kappa shape index (κ3) is 5.62. The van der Waals surface area contributed by atoms with Gasteiger partial charge in [-0.25, -0.2) is 8.78 Å². The highest BCUT2D eigenvalue weighted by Crippen LogP contribution is 2.36. The van der Waals surface area contributed by atoms with Gasteiger partial charge in [-0.15, -0.1) is 0 Å². The van der Waals surface area contributed by atoms with Crippen molar-refractivity contribution < 1.29 is 31.5 Å². The van der Waals surface area contributed by atoms with Crippen LogP contribution in [-0.4, -0.2) is 36.3 Å². The van der Waals surface area contributed by atoms with Crippen molar-refractivity contribution in [3.8, 4) is 5.75 Å². The van der Waals surface area contributed by atoms with Crippen molar-refractivity contribution >= 4 is 17.7 Å². The first-order chi connectivity index (χ1) is 13.7. The van der Waals surface area contributed by atoms with E-state index >= 15 is 0 Å². The summed E-state index contributed by atoms with van der Waals surface area (Å²) >= 11 is 1.43. The van der Waals surface area contributed by atoms with E-state index in [9.17, 15) is 26.7 Å². The fourth-order valence-corrected chi connectivity index (χ4v) is 4.27. The number of thioether (sulfide) groups is 1. The fourth-order valence-electron chi connectivity index (χ4n) is 3.03. The molecule has 0 aliphatic carbocycles. The van der Waals surface area contributed by atoms with Gasteiger partial charge in [0.1, 0.15) is 17.4 Å². The summed E-state index contributed by atoms with van der Waals surface area (Å²) in [5.74, 6) is -0.902. The van der Waals surface area contributed by atoms with E-state index in [1.807, 2.05) is 0 Å². The van der Waals surface area contributed by atoms with Crippen molar-refractivity contribution in [3.63, 3.8) is 0 Å².